The normalized spacial score (nSPS) is 14.5. The van der Waals surface area contributed by atoms with E-state index in [9.17, 15) is 0 Å². The van der Waals surface area contributed by atoms with Crippen molar-refractivity contribution in [1.82, 2.24) is 14.7 Å². The quantitative estimate of drug-likeness (QED) is 0.913. The van der Waals surface area contributed by atoms with Gasteiger partial charge in [0.05, 0.1) is 12.2 Å². The summed E-state index contributed by atoms with van der Waals surface area (Å²) in [5.74, 6) is 0. The third-order valence-electron chi connectivity index (χ3n) is 3.38. The third-order valence-corrected chi connectivity index (χ3v) is 3.91. The molecule has 0 aliphatic rings. The maximum Gasteiger partial charge on any atom is 0.0538 e. The highest BCUT2D eigenvalue weighted by atomic mass is 79.9. The number of halogens is 1. The second-order valence-electron chi connectivity index (χ2n) is 5.29. The Kier molecular flexibility index (Phi) is 4.96. The second kappa shape index (κ2) is 6.52. The molecule has 1 heterocycles. The summed E-state index contributed by atoms with van der Waals surface area (Å²) in [6.45, 7) is 2.89. The first-order chi connectivity index (χ1) is 9.47. The first-order valence-electron chi connectivity index (χ1n) is 6.66. The molecule has 2 atom stereocenters. The minimum absolute atomic E-state index is 0.0413. The highest BCUT2D eigenvalue weighted by Crippen LogP contribution is 2.23. The van der Waals surface area contributed by atoms with E-state index in [0.717, 1.165) is 16.6 Å². The molecule has 0 fully saturated rings. The van der Waals surface area contributed by atoms with Crippen molar-refractivity contribution < 1.29 is 0 Å². The Hall–Kier alpha value is -1.17. The van der Waals surface area contributed by atoms with Gasteiger partial charge in [-0.1, -0.05) is 28.1 Å². The van der Waals surface area contributed by atoms with Crippen LogP contribution in [0.15, 0.2) is 41.1 Å². The van der Waals surface area contributed by atoms with Gasteiger partial charge < -0.3 is 5.73 Å². The summed E-state index contributed by atoms with van der Waals surface area (Å²) in [5, 5.41) is 4.25. The van der Waals surface area contributed by atoms with Gasteiger partial charge in [-0.25, -0.2) is 0 Å². The number of rotatable bonds is 5. The average Bonchev–Trinajstić information content (AvgIpc) is 2.78. The number of nitrogens with zero attached hydrogens (tertiary/aromatic N) is 3. The van der Waals surface area contributed by atoms with Crippen LogP contribution < -0.4 is 5.73 Å². The molecule has 2 aromatic rings. The molecule has 5 heteroatoms. The van der Waals surface area contributed by atoms with Crippen LogP contribution >= 0.6 is 15.9 Å². The predicted octanol–water partition coefficient (Wildman–Crippen LogP) is 2.70. The Morgan fingerprint density at radius 1 is 1.35 bits per heavy atom. The van der Waals surface area contributed by atoms with E-state index < -0.39 is 0 Å². The van der Waals surface area contributed by atoms with Crippen LogP contribution in [0.2, 0.25) is 0 Å². The second-order valence-corrected chi connectivity index (χ2v) is 6.21. The van der Waals surface area contributed by atoms with Crippen molar-refractivity contribution in [1.29, 1.82) is 0 Å². The summed E-state index contributed by atoms with van der Waals surface area (Å²) in [6.07, 6.45) is 3.93. The summed E-state index contributed by atoms with van der Waals surface area (Å²) in [4.78, 5) is 2.27. The zero-order valence-electron chi connectivity index (χ0n) is 12.1. The van der Waals surface area contributed by atoms with E-state index in [1.165, 1.54) is 5.56 Å². The summed E-state index contributed by atoms with van der Waals surface area (Å²) in [6, 6.07) is 8.58. The zero-order valence-corrected chi connectivity index (χ0v) is 13.7. The average molecular weight is 337 g/mol. The Labute approximate surface area is 128 Å². The van der Waals surface area contributed by atoms with Crippen molar-refractivity contribution in [3.05, 3.63) is 52.3 Å². The van der Waals surface area contributed by atoms with Crippen LogP contribution in [0.1, 0.15) is 24.1 Å². The van der Waals surface area contributed by atoms with E-state index >= 15 is 0 Å². The fourth-order valence-electron chi connectivity index (χ4n) is 2.53. The molecule has 1 aromatic heterocycles. The molecule has 20 heavy (non-hydrogen) atoms. The van der Waals surface area contributed by atoms with Gasteiger partial charge >= 0.3 is 0 Å². The highest BCUT2D eigenvalue weighted by molar-refractivity contribution is 9.10. The Morgan fingerprint density at radius 2 is 2.00 bits per heavy atom. The Morgan fingerprint density at radius 3 is 2.50 bits per heavy atom. The van der Waals surface area contributed by atoms with Crippen molar-refractivity contribution in [3.8, 4) is 0 Å². The minimum Gasteiger partial charge on any atom is -0.326 e. The molecule has 2 rings (SSSR count). The van der Waals surface area contributed by atoms with E-state index in [1.807, 2.05) is 31.0 Å². The van der Waals surface area contributed by atoms with Crippen LogP contribution in [-0.2, 0) is 13.6 Å². The lowest BCUT2D eigenvalue weighted by Crippen LogP contribution is -2.36. The molecular weight excluding hydrogens is 316 g/mol. The molecule has 0 aliphatic carbocycles. The first kappa shape index (κ1) is 15.2. The van der Waals surface area contributed by atoms with Crippen LogP contribution in [0.25, 0.3) is 0 Å². The summed E-state index contributed by atoms with van der Waals surface area (Å²) in [5.41, 5.74) is 8.59. The van der Waals surface area contributed by atoms with Gasteiger partial charge in [-0.15, -0.1) is 0 Å². The SMILES string of the molecule is CC(N)C(c1cnn(C)c1)N(C)Cc1ccc(Br)cc1. The van der Waals surface area contributed by atoms with Crippen LogP contribution in [0.3, 0.4) is 0 Å². The number of nitrogens with two attached hydrogens (primary N) is 1. The van der Waals surface area contributed by atoms with Gasteiger partial charge in [0.15, 0.2) is 0 Å². The molecule has 2 N–H and O–H groups in total. The lowest BCUT2D eigenvalue weighted by molar-refractivity contribution is 0.211. The van der Waals surface area contributed by atoms with Gasteiger partial charge in [0.25, 0.3) is 0 Å². The molecule has 0 spiro atoms. The molecule has 0 saturated heterocycles. The Bertz CT molecular complexity index is 547. The standard InChI is InChI=1S/C15H21BrN4/c1-11(17)15(13-8-18-20(3)10-13)19(2)9-12-4-6-14(16)7-5-12/h4-8,10-11,15H,9,17H2,1-3H3. The van der Waals surface area contributed by atoms with Crippen molar-refractivity contribution >= 4 is 15.9 Å². The molecule has 0 aliphatic heterocycles. The molecule has 4 nitrogen and oxygen atoms in total. The lowest BCUT2D eigenvalue weighted by Gasteiger charge is -2.30. The number of aromatic nitrogens is 2. The molecule has 1 aromatic carbocycles. The molecule has 2 unspecified atom stereocenters. The van der Waals surface area contributed by atoms with E-state index in [1.54, 1.807) is 0 Å². The number of likely N-dealkylation sites (N-methyl/N-ethyl adjacent to an activating group) is 1. The molecule has 0 amide bonds. The topological polar surface area (TPSA) is 47.1 Å². The van der Waals surface area contributed by atoms with Gasteiger partial charge in [-0.3, -0.25) is 9.58 Å². The monoisotopic (exact) mass is 336 g/mol. The first-order valence-corrected chi connectivity index (χ1v) is 7.45. The number of benzene rings is 1. The lowest BCUT2D eigenvalue weighted by atomic mass is 10.0. The molecular formula is C15H21BrN4. The van der Waals surface area contributed by atoms with Crippen molar-refractivity contribution in [2.45, 2.75) is 25.6 Å². The Balaban J connectivity index is 2.15. The number of hydrogen-bond acceptors (Lipinski definition) is 3. The van der Waals surface area contributed by atoms with E-state index in [4.69, 9.17) is 5.73 Å². The summed E-state index contributed by atoms with van der Waals surface area (Å²) in [7, 11) is 4.03. The van der Waals surface area contributed by atoms with Gasteiger partial charge in [0.2, 0.25) is 0 Å². The fraction of sp³-hybridized carbons (Fsp3) is 0.400. The van der Waals surface area contributed by atoms with Crippen molar-refractivity contribution in [3.63, 3.8) is 0 Å². The van der Waals surface area contributed by atoms with Gasteiger partial charge in [0, 0.05) is 35.9 Å². The third kappa shape index (κ3) is 3.69. The smallest absolute Gasteiger partial charge is 0.0538 e. The van der Waals surface area contributed by atoms with Crippen LogP contribution in [0.4, 0.5) is 0 Å². The molecule has 0 saturated carbocycles. The van der Waals surface area contributed by atoms with Gasteiger partial charge in [-0.2, -0.15) is 5.10 Å². The fourth-order valence-corrected chi connectivity index (χ4v) is 2.79. The van der Waals surface area contributed by atoms with E-state index in [2.05, 4.69) is 57.2 Å². The number of hydrogen-bond donors (Lipinski definition) is 1. The molecule has 108 valence electrons. The number of aryl methyl sites for hydroxylation is 1. The minimum atomic E-state index is 0.0413. The molecule has 0 radical (unpaired) electrons. The zero-order chi connectivity index (χ0) is 14.7. The maximum atomic E-state index is 6.17. The molecule has 0 bridgehead atoms. The van der Waals surface area contributed by atoms with Crippen LogP contribution in [0.5, 0.6) is 0 Å². The van der Waals surface area contributed by atoms with Gasteiger partial charge in [-0.05, 0) is 31.7 Å². The van der Waals surface area contributed by atoms with Gasteiger partial charge in [0.1, 0.15) is 0 Å². The van der Waals surface area contributed by atoms with E-state index in [-0.39, 0.29) is 12.1 Å². The van der Waals surface area contributed by atoms with E-state index in [0.29, 0.717) is 0 Å². The van der Waals surface area contributed by atoms with Crippen LogP contribution in [-0.4, -0.2) is 27.8 Å². The summed E-state index contributed by atoms with van der Waals surface area (Å²) >= 11 is 3.46. The predicted molar refractivity (Wildman–Crippen MR) is 85.2 cm³/mol. The highest BCUT2D eigenvalue weighted by Gasteiger charge is 2.22. The van der Waals surface area contributed by atoms with Crippen molar-refractivity contribution in [2.75, 3.05) is 7.05 Å². The summed E-state index contributed by atoms with van der Waals surface area (Å²) < 4.78 is 2.91. The maximum absolute atomic E-state index is 6.17. The van der Waals surface area contributed by atoms with Crippen molar-refractivity contribution in [2.24, 2.45) is 12.8 Å². The van der Waals surface area contributed by atoms with Crippen LogP contribution in [0, 0.1) is 0 Å². The largest absolute Gasteiger partial charge is 0.326 e.